The average Bonchev–Trinajstić information content (AvgIpc) is 3.38. The van der Waals surface area contributed by atoms with Gasteiger partial charge in [0.05, 0.1) is 0 Å². The van der Waals surface area contributed by atoms with Crippen LogP contribution in [-0.2, 0) is 28.6 Å². The second-order valence-electron chi connectivity index (χ2n) is 19.5. The van der Waals surface area contributed by atoms with Gasteiger partial charge in [0.25, 0.3) is 0 Å². The van der Waals surface area contributed by atoms with Crippen LogP contribution in [0, 0.1) is 0 Å². The number of unbranched alkanes of at least 4 members (excludes halogenated alkanes) is 24. The topological polar surface area (TPSA) is 78.9 Å². The van der Waals surface area contributed by atoms with E-state index >= 15 is 0 Å². The average molecular weight is 1000 g/mol. The molecule has 1 atom stereocenters. The lowest BCUT2D eigenvalue weighted by Gasteiger charge is -2.18. The molecule has 0 amide bonds. The van der Waals surface area contributed by atoms with Crippen molar-refractivity contribution in [2.75, 3.05) is 13.2 Å². The predicted molar refractivity (Wildman–Crippen MR) is 311 cm³/mol. The largest absolute Gasteiger partial charge is 0.462 e. The van der Waals surface area contributed by atoms with E-state index in [1.807, 2.05) is 0 Å². The normalized spacial score (nSPS) is 12.9. The van der Waals surface area contributed by atoms with E-state index in [0.717, 1.165) is 96.3 Å². The summed E-state index contributed by atoms with van der Waals surface area (Å²) >= 11 is 0. The second kappa shape index (κ2) is 59.6. The molecule has 0 N–H and O–H groups in total. The number of esters is 3. The van der Waals surface area contributed by atoms with E-state index in [0.29, 0.717) is 19.3 Å². The number of ether oxygens (including phenoxy) is 3. The standard InChI is InChI=1S/C66H110O6/c1-4-7-10-13-16-18-20-22-24-26-28-30-32-33-35-36-38-40-42-44-46-48-50-53-56-59-65(68)71-62-63(61-70-64(67)58-55-52-15-12-9-6-3)72-66(69)60-57-54-51-49-47-45-43-41-39-37-34-31-29-27-25-23-21-19-17-14-11-8-5-2/h8,11,17,19-20,22-23,25-26,28-29,31,37,39,43,45,49,51,63H,4-7,9-10,12-16,18,21,24,27,30,32-36,38,40-42,44,46-48,50,52-62H2,1-3H3/b11-8-,19-17-,22-20-,25-23-,28-26-,31-29-,39-37-,45-43-,51-49-. The van der Waals surface area contributed by atoms with Crippen LogP contribution in [0.2, 0.25) is 0 Å². The molecule has 0 aromatic carbocycles. The molecule has 0 aliphatic heterocycles. The fourth-order valence-corrected chi connectivity index (χ4v) is 8.05. The van der Waals surface area contributed by atoms with E-state index in [-0.39, 0.29) is 37.5 Å². The summed E-state index contributed by atoms with van der Waals surface area (Å²) in [4.78, 5) is 37.9. The lowest BCUT2D eigenvalue weighted by atomic mass is 10.0. The molecule has 6 heteroatoms. The molecular formula is C66H110O6. The van der Waals surface area contributed by atoms with Gasteiger partial charge in [0.2, 0.25) is 0 Å². The Bertz CT molecular complexity index is 1470. The molecule has 410 valence electrons. The third-order valence-electron chi connectivity index (χ3n) is 12.5. The first kappa shape index (κ1) is 68.1. The Kier molecular flexibility index (Phi) is 56.4. The van der Waals surface area contributed by atoms with Crippen LogP contribution in [0.4, 0.5) is 0 Å². The fraction of sp³-hybridized carbons (Fsp3) is 0.682. The minimum absolute atomic E-state index is 0.102. The first-order valence-electron chi connectivity index (χ1n) is 29.9. The molecule has 0 aromatic rings. The second-order valence-corrected chi connectivity index (χ2v) is 19.5. The fourth-order valence-electron chi connectivity index (χ4n) is 8.05. The summed E-state index contributed by atoms with van der Waals surface area (Å²) < 4.78 is 16.7. The Morgan fingerprint density at radius 2 is 0.556 bits per heavy atom. The van der Waals surface area contributed by atoms with E-state index in [4.69, 9.17) is 14.2 Å². The highest BCUT2D eigenvalue weighted by Crippen LogP contribution is 2.15. The highest BCUT2D eigenvalue weighted by molar-refractivity contribution is 5.71. The Labute approximate surface area is 444 Å². The number of carbonyl (C=O) groups excluding carboxylic acids is 3. The molecule has 0 saturated heterocycles. The number of allylic oxidation sites excluding steroid dienone is 18. The summed E-state index contributed by atoms with van der Waals surface area (Å²) in [5.74, 6) is -0.971. The van der Waals surface area contributed by atoms with Gasteiger partial charge in [-0.05, 0) is 103 Å². The van der Waals surface area contributed by atoms with Gasteiger partial charge in [-0.2, -0.15) is 0 Å². The summed E-state index contributed by atoms with van der Waals surface area (Å²) in [5, 5.41) is 0. The van der Waals surface area contributed by atoms with Gasteiger partial charge in [-0.3, -0.25) is 14.4 Å². The summed E-state index contributed by atoms with van der Waals surface area (Å²) in [5.41, 5.74) is 0. The molecule has 0 bridgehead atoms. The molecule has 0 radical (unpaired) electrons. The maximum Gasteiger partial charge on any atom is 0.306 e. The van der Waals surface area contributed by atoms with E-state index in [9.17, 15) is 14.4 Å². The number of rotatable bonds is 53. The molecule has 0 aromatic heterocycles. The van der Waals surface area contributed by atoms with Gasteiger partial charge >= 0.3 is 17.9 Å². The maximum atomic E-state index is 12.8. The van der Waals surface area contributed by atoms with Crippen LogP contribution in [0.15, 0.2) is 109 Å². The molecule has 0 spiro atoms. The number of carbonyl (C=O) groups is 3. The summed E-state index contributed by atoms with van der Waals surface area (Å²) in [6.07, 6.45) is 81.3. The van der Waals surface area contributed by atoms with Crippen molar-refractivity contribution in [3.63, 3.8) is 0 Å². The summed E-state index contributed by atoms with van der Waals surface area (Å²) in [6.45, 7) is 6.41. The van der Waals surface area contributed by atoms with Crippen LogP contribution in [0.5, 0.6) is 0 Å². The van der Waals surface area contributed by atoms with Crippen molar-refractivity contribution in [2.24, 2.45) is 0 Å². The van der Waals surface area contributed by atoms with Crippen molar-refractivity contribution in [2.45, 2.75) is 277 Å². The molecule has 72 heavy (non-hydrogen) atoms. The van der Waals surface area contributed by atoms with Gasteiger partial charge < -0.3 is 14.2 Å². The Hall–Kier alpha value is -3.93. The van der Waals surface area contributed by atoms with E-state index in [2.05, 4.69) is 130 Å². The maximum absolute atomic E-state index is 12.8. The molecule has 0 heterocycles. The Morgan fingerprint density at radius 1 is 0.292 bits per heavy atom. The zero-order valence-corrected chi connectivity index (χ0v) is 46.9. The van der Waals surface area contributed by atoms with Crippen molar-refractivity contribution in [1.29, 1.82) is 0 Å². The summed E-state index contributed by atoms with van der Waals surface area (Å²) in [7, 11) is 0. The van der Waals surface area contributed by atoms with E-state index in [1.165, 1.54) is 128 Å². The SMILES string of the molecule is CC/C=C\C/C=C\C/C=C\C/C=C\C/C=C\C/C=C\C/C=C\CCCC(=O)OC(COC(=O)CCCCCCCC)COC(=O)CCCCCCCCCCCCCCC/C=C\C/C=C\CCCCCCC. The smallest absolute Gasteiger partial charge is 0.306 e. The highest BCUT2D eigenvalue weighted by atomic mass is 16.6. The third-order valence-corrected chi connectivity index (χ3v) is 12.5. The van der Waals surface area contributed by atoms with Gasteiger partial charge in [0, 0.05) is 19.3 Å². The highest BCUT2D eigenvalue weighted by Gasteiger charge is 2.19. The first-order chi connectivity index (χ1) is 35.5. The van der Waals surface area contributed by atoms with Crippen LogP contribution in [0.25, 0.3) is 0 Å². The predicted octanol–water partition coefficient (Wildman–Crippen LogP) is 20.3. The van der Waals surface area contributed by atoms with E-state index in [1.54, 1.807) is 0 Å². The van der Waals surface area contributed by atoms with Crippen LogP contribution in [-0.4, -0.2) is 37.2 Å². The molecule has 0 fully saturated rings. The van der Waals surface area contributed by atoms with Crippen molar-refractivity contribution < 1.29 is 28.6 Å². The van der Waals surface area contributed by atoms with E-state index < -0.39 is 6.10 Å². The van der Waals surface area contributed by atoms with Crippen LogP contribution in [0.3, 0.4) is 0 Å². The minimum Gasteiger partial charge on any atom is -0.462 e. The third kappa shape index (κ3) is 57.0. The molecule has 0 saturated carbocycles. The van der Waals surface area contributed by atoms with Crippen molar-refractivity contribution in [1.82, 2.24) is 0 Å². The summed E-state index contributed by atoms with van der Waals surface area (Å²) in [6, 6.07) is 0. The van der Waals surface area contributed by atoms with Crippen molar-refractivity contribution >= 4 is 17.9 Å². The van der Waals surface area contributed by atoms with Gasteiger partial charge in [-0.1, -0.05) is 259 Å². The lowest BCUT2D eigenvalue weighted by Crippen LogP contribution is -2.30. The van der Waals surface area contributed by atoms with Gasteiger partial charge in [-0.25, -0.2) is 0 Å². The first-order valence-corrected chi connectivity index (χ1v) is 29.9. The molecule has 0 rings (SSSR count). The van der Waals surface area contributed by atoms with Crippen LogP contribution >= 0.6 is 0 Å². The quantitative estimate of drug-likeness (QED) is 0.0261. The zero-order valence-electron chi connectivity index (χ0n) is 46.9. The molecular weight excluding hydrogens is 889 g/mol. The number of hydrogen-bond donors (Lipinski definition) is 0. The number of hydrogen-bond acceptors (Lipinski definition) is 6. The van der Waals surface area contributed by atoms with Crippen LogP contribution < -0.4 is 0 Å². The molecule has 0 aliphatic rings. The monoisotopic (exact) mass is 999 g/mol. The van der Waals surface area contributed by atoms with Crippen LogP contribution in [0.1, 0.15) is 271 Å². The zero-order chi connectivity index (χ0) is 52.2. The van der Waals surface area contributed by atoms with Gasteiger partial charge in [0.15, 0.2) is 6.10 Å². The molecule has 0 aliphatic carbocycles. The van der Waals surface area contributed by atoms with Crippen molar-refractivity contribution in [3.8, 4) is 0 Å². The molecule has 1 unspecified atom stereocenters. The van der Waals surface area contributed by atoms with Gasteiger partial charge in [0.1, 0.15) is 13.2 Å². The Balaban J connectivity index is 4.23. The lowest BCUT2D eigenvalue weighted by molar-refractivity contribution is -0.167. The molecule has 6 nitrogen and oxygen atoms in total. The minimum atomic E-state index is -0.807. The van der Waals surface area contributed by atoms with Gasteiger partial charge in [-0.15, -0.1) is 0 Å². The Morgan fingerprint density at radius 3 is 0.889 bits per heavy atom. The van der Waals surface area contributed by atoms with Crippen molar-refractivity contribution in [3.05, 3.63) is 109 Å².